The molecule has 0 spiro atoms. The zero-order chi connectivity index (χ0) is 19.7. The number of halogens is 1. The number of pyridine rings is 1. The smallest absolute Gasteiger partial charge is 0.244 e. The first-order chi connectivity index (χ1) is 13.5. The first-order valence-electron chi connectivity index (χ1n) is 9.57. The normalized spacial score (nSPS) is 18.9. The molecule has 1 aromatic carbocycles. The standard InChI is InChI=1S/C21H23FN4O2/c1-15-3-2-4-19(23-15)16-5-6-17(18(22)13-16)14-24-9-11-25(12-10-24)26-20(27)7-8-21(26)28/h2-6,13H,7-12,14H2,1H3. The Morgan fingerprint density at radius 2 is 1.71 bits per heavy atom. The van der Waals surface area contributed by atoms with Crippen molar-refractivity contribution in [3.63, 3.8) is 0 Å². The van der Waals surface area contributed by atoms with Crippen LogP contribution >= 0.6 is 0 Å². The molecule has 2 aliphatic heterocycles. The third kappa shape index (κ3) is 3.81. The lowest BCUT2D eigenvalue weighted by Crippen LogP contribution is -2.55. The van der Waals surface area contributed by atoms with Gasteiger partial charge in [-0.15, -0.1) is 0 Å². The van der Waals surface area contributed by atoms with Gasteiger partial charge in [-0.2, -0.15) is 0 Å². The van der Waals surface area contributed by atoms with Gasteiger partial charge in [0.05, 0.1) is 5.69 Å². The van der Waals surface area contributed by atoms with Gasteiger partial charge in [0, 0.05) is 62.4 Å². The van der Waals surface area contributed by atoms with Gasteiger partial charge in [0.25, 0.3) is 0 Å². The Morgan fingerprint density at radius 3 is 2.36 bits per heavy atom. The monoisotopic (exact) mass is 382 g/mol. The van der Waals surface area contributed by atoms with Crippen LogP contribution in [-0.2, 0) is 16.1 Å². The number of aryl methyl sites for hydroxylation is 1. The van der Waals surface area contributed by atoms with Crippen molar-refractivity contribution < 1.29 is 14.0 Å². The van der Waals surface area contributed by atoms with E-state index in [1.807, 2.05) is 42.3 Å². The van der Waals surface area contributed by atoms with E-state index in [4.69, 9.17) is 0 Å². The van der Waals surface area contributed by atoms with Crippen LogP contribution in [0.25, 0.3) is 11.3 Å². The van der Waals surface area contributed by atoms with Gasteiger partial charge in [-0.1, -0.05) is 18.2 Å². The molecule has 3 heterocycles. The Hall–Kier alpha value is -2.64. The quantitative estimate of drug-likeness (QED) is 0.760. The van der Waals surface area contributed by atoms with Crippen molar-refractivity contribution in [1.82, 2.24) is 19.9 Å². The number of imide groups is 1. The fourth-order valence-electron chi connectivity index (χ4n) is 3.76. The molecule has 2 fully saturated rings. The highest BCUT2D eigenvalue weighted by atomic mass is 19.1. The molecular formula is C21H23FN4O2. The molecule has 2 aromatic rings. The average molecular weight is 382 g/mol. The Kier molecular flexibility index (Phi) is 5.19. The number of nitrogens with zero attached hydrogens (tertiary/aromatic N) is 4. The molecule has 6 nitrogen and oxygen atoms in total. The first-order valence-corrected chi connectivity index (χ1v) is 9.57. The molecule has 2 amide bonds. The summed E-state index contributed by atoms with van der Waals surface area (Å²) in [6, 6.07) is 11.0. The van der Waals surface area contributed by atoms with E-state index >= 15 is 0 Å². The van der Waals surface area contributed by atoms with Gasteiger partial charge in [-0.25, -0.2) is 14.4 Å². The maximum Gasteiger partial charge on any atom is 0.244 e. The van der Waals surface area contributed by atoms with E-state index in [1.165, 1.54) is 11.1 Å². The highest BCUT2D eigenvalue weighted by Gasteiger charge is 2.35. The molecule has 4 rings (SSSR count). The van der Waals surface area contributed by atoms with Crippen molar-refractivity contribution in [2.24, 2.45) is 0 Å². The van der Waals surface area contributed by atoms with E-state index in [0.717, 1.165) is 17.0 Å². The van der Waals surface area contributed by atoms with Gasteiger partial charge < -0.3 is 0 Å². The minimum absolute atomic E-state index is 0.121. The number of carbonyl (C=O) groups excluding carboxylic acids is 2. The zero-order valence-corrected chi connectivity index (χ0v) is 15.9. The molecule has 0 saturated carbocycles. The average Bonchev–Trinajstić information content (AvgIpc) is 3.02. The fourth-order valence-corrected chi connectivity index (χ4v) is 3.76. The number of piperazine rings is 1. The molecule has 0 atom stereocenters. The fraction of sp³-hybridized carbons (Fsp3) is 0.381. The van der Waals surface area contributed by atoms with Gasteiger partial charge in [-0.05, 0) is 25.1 Å². The summed E-state index contributed by atoms with van der Waals surface area (Å²) in [4.78, 5) is 30.3. The van der Waals surface area contributed by atoms with Crippen molar-refractivity contribution in [2.45, 2.75) is 26.3 Å². The number of aromatic nitrogens is 1. The van der Waals surface area contributed by atoms with Crippen LogP contribution in [0.3, 0.4) is 0 Å². The first kappa shape index (κ1) is 18.7. The SMILES string of the molecule is Cc1cccc(-c2ccc(CN3CCN(N4C(=O)CCC4=O)CC3)c(F)c2)n1. The van der Waals surface area contributed by atoms with E-state index in [-0.39, 0.29) is 17.6 Å². The molecule has 0 radical (unpaired) electrons. The molecule has 1 aromatic heterocycles. The lowest BCUT2D eigenvalue weighted by molar-refractivity contribution is -0.160. The molecule has 146 valence electrons. The summed E-state index contributed by atoms with van der Waals surface area (Å²) >= 11 is 0. The Balaban J connectivity index is 1.39. The lowest BCUT2D eigenvalue weighted by atomic mass is 10.1. The molecule has 2 aliphatic rings. The molecular weight excluding hydrogens is 359 g/mol. The van der Waals surface area contributed by atoms with Crippen LogP contribution in [-0.4, -0.2) is 57.9 Å². The highest BCUT2D eigenvalue weighted by molar-refractivity contribution is 6.01. The number of hydrogen-bond donors (Lipinski definition) is 0. The number of amides is 2. The second-order valence-corrected chi connectivity index (χ2v) is 7.30. The predicted molar refractivity (Wildman–Crippen MR) is 102 cm³/mol. The highest BCUT2D eigenvalue weighted by Crippen LogP contribution is 2.22. The van der Waals surface area contributed by atoms with E-state index in [0.29, 0.717) is 51.1 Å². The zero-order valence-electron chi connectivity index (χ0n) is 15.9. The van der Waals surface area contributed by atoms with Gasteiger partial charge >= 0.3 is 0 Å². The predicted octanol–water partition coefficient (Wildman–Crippen LogP) is 2.38. The molecule has 7 heteroatoms. The van der Waals surface area contributed by atoms with Crippen molar-refractivity contribution in [2.75, 3.05) is 26.2 Å². The topological polar surface area (TPSA) is 56.8 Å². The van der Waals surface area contributed by atoms with Crippen LogP contribution in [0.15, 0.2) is 36.4 Å². The minimum Gasteiger partial charge on any atom is -0.296 e. The van der Waals surface area contributed by atoms with E-state index < -0.39 is 0 Å². The third-order valence-corrected chi connectivity index (χ3v) is 5.29. The van der Waals surface area contributed by atoms with E-state index in [9.17, 15) is 14.0 Å². The summed E-state index contributed by atoms with van der Waals surface area (Å²) in [6.07, 6.45) is 0.596. The maximum atomic E-state index is 14.7. The third-order valence-electron chi connectivity index (χ3n) is 5.29. The molecule has 0 bridgehead atoms. The van der Waals surface area contributed by atoms with Crippen molar-refractivity contribution in [3.05, 3.63) is 53.5 Å². The second kappa shape index (κ2) is 7.77. The molecule has 28 heavy (non-hydrogen) atoms. The molecule has 0 N–H and O–H groups in total. The molecule has 2 saturated heterocycles. The van der Waals surface area contributed by atoms with Gasteiger partial charge in [0.1, 0.15) is 5.82 Å². The van der Waals surface area contributed by atoms with Crippen LogP contribution in [0.4, 0.5) is 4.39 Å². The van der Waals surface area contributed by atoms with Gasteiger partial charge in [0.2, 0.25) is 11.8 Å². The largest absolute Gasteiger partial charge is 0.296 e. The number of hydrogen-bond acceptors (Lipinski definition) is 5. The van der Waals surface area contributed by atoms with E-state index in [2.05, 4.69) is 9.88 Å². The Labute approximate surface area is 163 Å². The number of benzene rings is 1. The Morgan fingerprint density at radius 1 is 1.00 bits per heavy atom. The summed E-state index contributed by atoms with van der Waals surface area (Å²) in [5.41, 5.74) is 3.06. The molecule has 0 unspecified atom stereocenters. The van der Waals surface area contributed by atoms with E-state index in [1.54, 1.807) is 0 Å². The van der Waals surface area contributed by atoms with Crippen LogP contribution in [0, 0.1) is 12.7 Å². The van der Waals surface area contributed by atoms with Crippen molar-refractivity contribution >= 4 is 11.8 Å². The number of carbonyl (C=O) groups is 2. The maximum absolute atomic E-state index is 14.7. The van der Waals surface area contributed by atoms with Crippen LogP contribution in [0.1, 0.15) is 24.1 Å². The van der Waals surface area contributed by atoms with Crippen molar-refractivity contribution in [1.29, 1.82) is 0 Å². The summed E-state index contributed by atoms with van der Waals surface area (Å²) in [6.45, 7) is 4.95. The van der Waals surface area contributed by atoms with Crippen LogP contribution in [0.2, 0.25) is 0 Å². The summed E-state index contributed by atoms with van der Waals surface area (Å²) in [5, 5.41) is 3.11. The lowest BCUT2D eigenvalue weighted by Gasteiger charge is -2.38. The second-order valence-electron chi connectivity index (χ2n) is 7.30. The Bertz CT molecular complexity index is 893. The number of rotatable bonds is 4. The summed E-state index contributed by atoms with van der Waals surface area (Å²) in [7, 11) is 0. The number of hydrazine groups is 1. The summed E-state index contributed by atoms with van der Waals surface area (Å²) in [5.74, 6) is -0.484. The van der Waals surface area contributed by atoms with Crippen LogP contribution in [0.5, 0.6) is 0 Å². The summed E-state index contributed by atoms with van der Waals surface area (Å²) < 4.78 is 14.7. The van der Waals surface area contributed by atoms with Gasteiger partial charge in [0.15, 0.2) is 0 Å². The minimum atomic E-state index is -0.242. The van der Waals surface area contributed by atoms with Gasteiger partial charge in [-0.3, -0.25) is 19.5 Å². The molecule has 0 aliphatic carbocycles. The van der Waals surface area contributed by atoms with Crippen LogP contribution < -0.4 is 0 Å². The van der Waals surface area contributed by atoms with Crippen molar-refractivity contribution in [3.8, 4) is 11.3 Å².